The molecule has 0 radical (unpaired) electrons. The normalized spacial score (nSPS) is 19.5. The Morgan fingerprint density at radius 2 is 1.12 bits per heavy atom. The van der Waals surface area contributed by atoms with Gasteiger partial charge in [0.05, 0.1) is 0 Å². The Labute approximate surface area is 205 Å². The van der Waals surface area contributed by atoms with Crippen molar-refractivity contribution in [3.63, 3.8) is 0 Å². The van der Waals surface area contributed by atoms with Crippen molar-refractivity contribution in [1.29, 1.82) is 0 Å². The molecule has 0 saturated carbocycles. The summed E-state index contributed by atoms with van der Waals surface area (Å²) in [5.74, 6) is 0.914. The second kappa shape index (κ2) is 11.8. The third kappa shape index (κ3) is 6.03. The fraction of sp³-hybridized carbons (Fsp3) is 0.538. The standard InChI is InChI=1S/C26H37O4P.Li/c1-6-10-19-14-21(12-8-3)25-23(16-19)18(5)24-17-20(11-7-2)15-22(13-9-4)26(24)30-31(27,28)29-25;/h14-18H,6-13H2,1-5H3,(H,27,28);/q;+1/p-1. The molecule has 0 amide bonds. The summed E-state index contributed by atoms with van der Waals surface area (Å²) in [6.07, 6.45) is 7.40. The fourth-order valence-corrected chi connectivity index (χ4v) is 5.54. The average Bonchev–Trinajstić information content (AvgIpc) is 2.70. The summed E-state index contributed by atoms with van der Waals surface area (Å²) in [7, 11) is -4.56. The maximum atomic E-state index is 13.0. The molecule has 3 rings (SSSR count). The van der Waals surface area contributed by atoms with Crippen LogP contribution in [-0.2, 0) is 30.2 Å². The summed E-state index contributed by atoms with van der Waals surface area (Å²) < 4.78 is 24.3. The van der Waals surface area contributed by atoms with Crippen molar-refractivity contribution in [1.82, 2.24) is 0 Å². The van der Waals surface area contributed by atoms with Gasteiger partial charge in [0.25, 0.3) is 0 Å². The number of rotatable bonds is 8. The summed E-state index contributed by atoms with van der Waals surface area (Å²) in [6, 6.07) is 8.50. The van der Waals surface area contributed by atoms with Gasteiger partial charge >= 0.3 is 26.7 Å². The molecule has 1 heterocycles. The first-order valence-corrected chi connectivity index (χ1v) is 13.3. The van der Waals surface area contributed by atoms with E-state index >= 15 is 0 Å². The van der Waals surface area contributed by atoms with Crippen LogP contribution < -0.4 is 32.8 Å². The summed E-state index contributed by atoms with van der Waals surface area (Å²) in [4.78, 5) is 13.0. The number of aryl methyl sites for hydroxylation is 4. The molecule has 0 saturated heterocycles. The summed E-state index contributed by atoms with van der Waals surface area (Å²) in [5, 5.41) is 0. The van der Waals surface area contributed by atoms with E-state index in [-0.39, 0.29) is 24.8 Å². The molecule has 0 spiro atoms. The van der Waals surface area contributed by atoms with E-state index in [4.69, 9.17) is 9.05 Å². The van der Waals surface area contributed by atoms with Crippen LogP contribution in [0.3, 0.4) is 0 Å². The molecule has 0 unspecified atom stereocenters. The van der Waals surface area contributed by atoms with E-state index in [2.05, 4.69) is 58.9 Å². The first-order chi connectivity index (χ1) is 14.8. The minimum absolute atomic E-state index is 0. The number of benzene rings is 2. The molecule has 6 heteroatoms. The van der Waals surface area contributed by atoms with Gasteiger partial charge in [-0.2, -0.15) is 0 Å². The van der Waals surface area contributed by atoms with Gasteiger partial charge < -0.3 is 13.9 Å². The minimum Gasteiger partial charge on any atom is -0.736 e. The van der Waals surface area contributed by atoms with E-state index in [1.165, 1.54) is 11.1 Å². The molecular weight excluding hydrogens is 414 g/mol. The monoisotopic (exact) mass is 450 g/mol. The first-order valence-electron chi connectivity index (χ1n) is 11.8. The molecule has 1 aliphatic rings. The Morgan fingerprint density at radius 1 is 0.750 bits per heavy atom. The predicted octanol–water partition coefficient (Wildman–Crippen LogP) is 3.89. The third-order valence-corrected chi connectivity index (χ3v) is 6.78. The van der Waals surface area contributed by atoms with Crippen molar-refractivity contribution in [2.24, 2.45) is 0 Å². The molecular formula is C26H36LiO4P. The van der Waals surface area contributed by atoms with Gasteiger partial charge in [-0.05, 0) is 47.9 Å². The summed E-state index contributed by atoms with van der Waals surface area (Å²) >= 11 is 0. The molecule has 0 bridgehead atoms. The summed E-state index contributed by atoms with van der Waals surface area (Å²) in [5.41, 5.74) is 6.29. The van der Waals surface area contributed by atoms with Crippen LogP contribution in [0.15, 0.2) is 24.3 Å². The first kappa shape index (κ1) is 27.1. The zero-order chi connectivity index (χ0) is 22.6. The van der Waals surface area contributed by atoms with Gasteiger partial charge in [-0.1, -0.05) is 84.6 Å². The van der Waals surface area contributed by atoms with Gasteiger partial charge in [-0.3, -0.25) is 0 Å². The van der Waals surface area contributed by atoms with Gasteiger partial charge in [0, 0.05) is 17.0 Å². The van der Waals surface area contributed by atoms with Crippen molar-refractivity contribution in [2.75, 3.05) is 0 Å². The third-order valence-electron chi connectivity index (χ3n) is 5.96. The molecule has 2 aromatic rings. The van der Waals surface area contributed by atoms with Crippen LogP contribution in [-0.4, -0.2) is 0 Å². The molecule has 0 aliphatic carbocycles. The predicted molar refractivity (Wildman–Crippen MR) is 125 cm³/mol. The molecule has 0 atom stereocenters. The van der Waals surface area contributed by atoms with E-state index < -0.39 is 7.82 Å². The number of phosphoric ester groups is 1. The van der Waals surface area contributed by atoms with Gasteiger partial charge in [0.15, 0.2) is 0 Å². The second-order valence-corrected chi connectivity index (χ2v) is 9.96. The Balaban J connectivity index is 0.00000363. The van der Waals surface area contributed by atoms with E-state index in [1.54, 1.807) is 0 Å². The fourth-order valence-electron chi connectivity index (χ4n) is 4.62. The zero-order valence-corrected chi connectivity index (χ0v) is 21.5. The maximum absolute atomic E-state index is 13.0. The van der Waals surface area contributed by atoms with Crippen LogP contribution >= 0.6 is 7.82 Å². The van der Waals surface area contributed by atoms with Crippen LogP contribution in [0.2, 0.25) is 0 Å². The second-order valence-electron chi connectivity index (χ2n) is 8.70. The molecule has 170 valence electrons. The number of fused-ring (bicyclic) bond motifs is 2. The average molecular weight is 450 g/mol. The van der Waals surface area contributed by atoms with Crippen LogP contribution in [0.1, 0.15) is 99.6 Å². The minimum atomic E-state index is -4.56. The van der Waals surface area contributed by atoms with E-state index in [0.29, 0.717) is 11.5 Å². The smallest absolute Gasteiger partial charge is 0.736 e. The van der Waals surface area contributed by atoms with Gasteiger partial charge in [0.2, 0.25) is 0 Å². The van der Waals surface area contributed by atoms with Crippen LogP contribution in [0.5, 0.6) is 11.5 Å². The Morgan fingerprint density at radius 3 is 1.47 bits per heavy atom. The van der Waals surface area contributed by atoms with Crippen molar-refractivity contribution in [3.8, 4) is 11.5 Å². The van der Waals surface area contributed by atoms with Gasteiger partial charge in [-0.25, -0.2) is 4.57 Å². The van der Waals surface area contributed by atoms with Crippen LogP contribution in [0.4, 0.5) is 0 Å². The maximum Gasteiger partial charge on any atom is 1.00 e. The van der Waals surface area contributed by atoms with Crippen LogP contribution in [0, 0.1) is 0 Å². The molecule has 32 heavy (non-hydrogen) atoms. The quantitative estimate of drug-likeness (QED) is 0.452. The number of hydrogen-bond donors (Lipinski definition) is 0. The number of hydrogen-bond acceptors (Lipinski definition) is 4. The van der Waals surface area contributed by atoms with Crippen molar-refractivity contribution in [2.45, 2.75) is 91.9 Å². The van der Waals surface area contributed by atoms with Crippen LogP contribution in [0.25, 0.3) is 0 Å². The van der Waals surface area contributed by atoms with Gasteiger partial charge in [0.1, 0.15) is 11.5 Å². The Bertz CT molecular complexity index is 899. The topological polar surface area (TPSA) is 58.6 Å². The van der Waals surface area contributed by atoms with E-state index in [9.17, 15) is 9.46 Å². The molecule has 0 N–H and O–H groups in total. The van der Waals surface area contributed by atoms with E-state index in [0.717, 1.165) is 73.6 Å². The SMILES string of the molecule is CCCc1cc(CCC)c2c(c1)C(C)c1cc(CCC)cc(CCC)c1OP(=O)([O-])O2.[Li+]. The number of phosphoric acid groups is 1. The zero-order valence-electron chi connectivity index (χ0n) is 20.6. The van der Waals surface area contributed by atoms with Gasteiger partial charge in [-0.15, -0.1) is 0 Å². The van der Waals surface area contributed by atoms with Crippen molar-refractivity contribution >= 4 is 7.82 Å². The molecule has 0 aromatic heterocycles. The molecule has 1 aliphatic heterocycles. The summed E-state index contributed by atoms with van der Waals surface area (Å²) in [6.45, 7) is 10.7. The molecule has 2 aromatic carbocycles. The van der Waals surface area contributed by atoms with E-state index in [1.807, 2.05) is 0 Å². The molecule has 0 fully saturated rings. The Kier molecular flexibility index (Phi) is 9.99. The largest absolute Gasteiger partial charge is 1.00 e. The Hall–Kier alpha value is -1.17. The van der Waals surface area contributed by atoms with Crippen molar-refractivity contribution in [3.05, 3.63) is 57.6 Å². The molecule has 4 nitrogen and oxygen atoms in total. The van der Waals surface area contributed by atoms with Crippen molar-refractivity contribution < 1.29 is 37.4 Å².